The molecule has 2 aromatic heterocycles. The minimum atomic E-state index is -3.59. The van der Waals surface area contributed by atoms with E-state index in [9.17, 15) is 13.2 Å². The largest absolute Gasteiger partial charge is 0.395 e. The highest BCUT2D eigenvalue weighted by molar-refractivity contribution is 7.92. The topological polar surface area (TPSA) is 126 Å². The highest BCUT2D eigenvalue weighted by atomic mass is 32.2. The van der Waals surface area contributed by atoms with Gasteiger partial charge in [-0.1, -0.05) is 12.1 Å². The number of pyridine rings is 1. The Kier molecular flexibility index (Phi) is 4.97. The number of aromatic nitrogens is 3. The average Bonchev–Trinajstić information content (AvgIpc) is 3.49. The molecule has 0 bridgehead atoms. The lowest BCUT2D eigenvalue weighted by Gasteiger charge is -2.12. The smallest absolute Gasteiger partial charge is 0.264 e. The minimum absolute atomic E-state index is 0.161. The van der Waals surface area contributed by atoms with Gasteiger partial charge in [-0.25, -0.2) is 18.4 Å². The van der Waals surface area contributed by atoms with Crippen LogP contribution < -0.4 is 15.6 Å². The van der Waals surface area contributed by atoms with Crippen molar-refractivity contribution < 1.29 is 13.5 Å². The molecule has 1 aromatic carbocycles. The van der Waals surface area contributed by atoms with Crippen molar-refractivity contribution in [2.75, 3.05) is 22.4 Å². The van der Waals surface area contributed by atoms with Crippen molar-refractivity contribution in [3.63, 3.8) is 0 Å². The molecule has 0 spiro atoms. The molecule has 0 aliphatic heterocycles. The molecule has 2 heterocycles. The molecule has 0 amide bonds. The van der Waals surface area contributed by atoms with Gasteiger partial charge in [-0.2, -0.15) is 0 Å². The third-order valence-corrected chi connectivity index (χ3v) is 5.90. The fraction of sp³-hybridized carbons (Fsp3) is 0.316. The normalized spacial score (nSPS) is 14.1. The predicted molar refractivity (Wildman–Crippen MR) is 111 cm³/mol. The van der Waals surface area contributed by atoms with Crippen molar-refractivity contribution in [1.82, 2.24) is 14.5 Å². The number of aryl methyl sites for hydroxylation is 1. The molecule has 3 aromatic rings. The SMILES string of the molecule is Cn1cnc2cc(-c3ccc(NS(=O)(=O)CCO)cc3)nc(NC3CC3)c2c1=O. The quantitative estimate of drug-likeness (QED) is 0.531. The number of sulfonamides is 1. The van der Waals surface area contributed by atoms with Crippen molar-refractivity contribution in [2.24, 2.45) is 7.05 Å². The number of anilines is 2. The Bertz CT molecular complexity index is 1220. The molecule has 1 aliphatic rings. The first kappa shape index (κ1) is 19.3. The molecule has 0 radical (unpaired) electrons. The molecule has 1 fully saturated rings. The Morgan fingerprint density at radius 1 is 1.24 bits per heavy atom. The van der Waals surface area contributed by atoms with Gasteiger partial charge in [-0.05, 0) is 31.0 Å². The molecule has 3 N–H and O–H groups in total. The number of fused-ring (bicyclic) bond motifs is 1. The summed E-state index contributed by atoms with van der Waals surface area (Å²) in [4.78, 5) is 21.6. The summed E-state index contributed by atoms with van der Waals surface area (Å²) >= 11 is 0. The van der Waals surface area contributed by atoms with E-state index >= 15 is 0 Å². The standard InChI is InChI=1S/C19H21N5O4S/c1-24-11-20-16-10-15(22-18(17(16)19(24)26)21-13-6-7-13)12-2-4-14(5-3-12)23-29(27,28)9-8-25/h2-5,10-11,13,23,25H,6-9H2,1H3,(H,21,22). The molecule has 10 heteroatoms. The summed E-state index contributed by atoms with van der Waals surface area (Å²) in [6, 6.07) is 8.80. The molecular weight excluding hydrogens is 394 g/mol. The zero-order valence-corrected chi connectivity index (χ0v) is 16.6. The maximum atomic E-state index is 12.6. The number of hydrogen-bond acceptors (Lipinski definition) is 7. The van der Waals surface area contributed by atoms with Gasteiger partial charge < -0.3 is 15.0 Å². The fourth-order valence-electron chi connectivity index (χ4n) is 2.96. The summed E-state index contributed by atoms with van der Waals surface area (Å²) in [5.74, 6) is 0.152. The van der Waals surface area contributed by atoms with E-state index in [1.165, 1.54) is 10.9 Å². The number of rotatable bonds is 7. The van der Waals surface area contributed by atoms with Gasteiger partial charge in [0.05, 0.1) is 29.9 Å². The van der Waals surface area contributed by atoms with Crippen LogP contribution in [0, 0.1) is 0 Å². The Balaban J connectivity index is 1.72. The first-order chi connectivity index (χ1) is 13.9. The lowest BCUT2D eigenvalue weighted by molar-refractivity contribution is 0.320. The second-order valence-corrected chi connectivity index (χ2v) is 8.89. The number of aliphatic hydroxyl groups is 1. The fourth-order valence-corrected chi connectivity index (χ4v) is 3.79. The number of aliphatic hydroxyl groups excluding tert-OH is 1. The number of nitrogens with one attached hydrogen (secondary N) is 2. The van der Waals surface area contributed by atoms with E-state index in [-0.39, 0.29) is 11.3 Å². The molecule has 0 unspecified atom stereocenters. The van der Waals surface area contributed by atoms with E-state index in [0.717, 1.165) is 18.4 Å². The van der Waals surface area contributed by atoms with Crippen LogP contribution in [0.15, 0.2) is 41.5 Å². The highest BCUT2D eigenvalue weighted by Gasteiger charge is 2.24. The summed E-state index contributed by atoms with van der Waals surface area (Å²) in [5.41, 5.74) is 2.18. The molecular formula is C19H21N5O4S. The van der Waals surface area contributed by atoms with Crippen LogP contribution in [0.25, 0.3) is 22.2 Å². The lowest BCUT2D eigenvalue weighted by atomic mass is 10.1. The molecule has 29 heavy (non-hydrogen) atoms. The zero-order chi connectivity index (χ0) is 20.6. The van der Waals surface area contributed by atoms with E-state index in [1.807, 2.05) is 0 Å². The summed E-state index contributed by atoms with van der Waals surface area (Å²) < 4.78 is 27.4. The molecule has 0 saturated heterocycles. The van der Waals surface area contributed by atoms with Crippen molar-refractivity contribution >= 4 is 32.4 Å². The van der Waals surface area contributed by atoms with Crippen LogP contribution >= 0.6 is 0 Å². The lowest BCUT2D eigenvalue weighted by Crippen LogP contribution is -2.19. The summed E-state index contributed by atoms with van der Waals surface area (Å²) in [6.07, 6.45) is 3.56. The van der Waals surface area contributed by atoms with Crippen molar-refractivity contribution in [2.45, 2.75) is 18.9 Å². The Morgan fingerprint density at radius 3 is 2.62 bits per heavy atom. The molecule has 152 valence electrons. The zero-order valence-electron chi connectivity index (χ0n) is 15.8. The van der Waals surface area contributed by atoms with Crippen LogP contribution in [-0.4, -0.2) is 46.5 Å². The van der Waals surface area contributed by atoms with Gasteiger partial charge in [0.1, 0.15) is 11.2 Å². The summed E-state index contributed by atoms with van der Waals surface area (Å²) in [7, 11) is -1.93. The van der Waals surface area contributed by atoms with Crippen LogP contribution in [0.5, 0.6) is 0 Å². The van der Waals surface area contributed by atoms with Gasteiger partial charge in [-0.15, -0.1) is 0 Å². The van der Waals surface area contributed by atoms with Crippen LogP contribution in [0.4, 0.5) is 11.5 Å². The van der Waals surface area contributed by atoms with E-state index in [4.69, 9.17) is 5.11 Å². The van der Waals surface area contributed by atoms with Gasteiger partial charge in [0.25, 0.3) is 5.56 Å². The molecule has 4 rings (SSSR count). The van der Waals surface area contributed by atoms with E-state index < -0.39 is 16.6 Å². The average molecular weight is 415 g/mol. The van der Waals surface area contributed by atoms with Gasteiger partial charge >= 0.3 is 0 Å². The van der Waals surface area contributed by atoms with E-state index in [1.54, 1.807) is 37.4 Å². The molecule has 1 saturated carbocycles. The number of benzene rings is 1. The number of nitrogens with zero attached hydrogens (tertiary/aromatic N) is 3. The van der Waals surface area contributed by atoms with Crippen LogP contribution in [-0.2, 0) is 17.1 Å². The van der Waals surface area contributed by atoms with Gasteiger partial charge in [0.15, 0.2) is 0 Å². The van der Waals surface area contributed by atoms with E-state index in [0.29, 0.717) is 34.1 Å². The maximum absolute atomic E-state index is 12.6. The Morgan fingerprint density at radius 2 is 1.97 bits per heavy atom. The first-order valence-corrected chi connectivity index (χ1v) is 10.9. The van der Waals surface area contributed by atoms with Gasteiger partial charge in [0.2, 0.25) is 10.0 Å². The van der Waals surface area contributed by atoms with Crippen molar-refractivity contribution in [3.8, 4) is 11.3 Å². The van der Waals surface area contributed by atoms with Crippen LogP contribution in [0.2, 0.25) is 0 Å². The molecule has 9 nitrogen and oxygen atoms in total. The van der Waals surface area contributed by atoms with Gasteiger partial charge in [-0.3, -0.25) is 9.52 Å². The van der Waals surface area contributed by atoms with Gasteiger partial charge in [0, 0.05) is 24.3 Å². The van der Waals surface area contributed by atoms with Crippen LogP contribution in [0.3, 0.4) is 0 Å². The second-order valence-electron chi connectivity index (χ2n) is 7.05. The third-order valence-electron chi connectivity index (χ3n) is 4.64. The van der Waals surface area contributed by atoms with E-state index in [2.05, 4.69) is 20.0 Å². The second kappa shape index (κ2) is 7.45. The third kappa shape index (κ3) is 4.22. The summed E-state index contributed by atoms with van der Waals surface area (Å²) in [6.45, 7) is -0.447. The van der Waals surface area contributed by atoms with Crippen molar-refractivity contribution in [3.05, 3.63) is 47.0 Å². The minimum Gasteiger partial charge on any atom is -0.395 e. The summed E-state index contributed by atoms with van der Waals surface area (Å²) in [5, 5.41) is 12.6. The van der Waals surface area contributed by atoms with Crippen LogP contribution in [0.1, 0.15) is 12.8 Å². The Labute approximate surface area is 167 Å². The molecule has 0 atom stereocenters. The molecule has 1 aliphatic carbocycles. The monoisotopic (exact) mass is 415 g/mol. The first-order valence-electron chi connectivity index (χ1n) is 9.21. The van der Waals surface area contributed by atoms with Crippen molar-refractivity contribution in [1.29, 1.82) is 0 Å². The number of hydrogen-bond donors (Lipinski definition) is 3. The predicted octanol–water partition coefficient (Wildman–Crippen LogP) is 1.30. The Hall–Kier alpha value is -2.98. The highest BCUT2D eigenvalue weighted by Crippen LogP contribution is 2.30. The maximum Gasteiger partial charge on any atom is 0.264 e.